The van der Waals surface area contributed by atoms with E-state index in [-0.39, 0.29) is 0 Å². The van der Waals surface area contributed by atoms with E-state index in [1.807, 2.05) is 0 Å². The van der Waals surface area contributed by atoms with Crippen molar-refractivity contribution in [1.82, 2.24) is 0 Å². The first-order valence-corrected chi connectivity index (χ1v) is 6.04. The Morgan fingerprint density at radius 2 is 2.00 bits per heavy atom. The van der Waals surface area contributed by atoms with Gasteiger partial charge in [0, 0.05) is 0 Å². The maximum Gasteiger partial charge on any atom is -0.0279 e. The highest BCUT2D eigenvalue weighted by Gasteiger charge is 2.13. The summed E-state index contributed by atoms with van der Waals surface area (Å²) in [6.07, 6.45) is 9.05. The largest absolute Gasteiger partial charge is 0.0853 e. The van der Waals surface area contributed by atoms with Crippen LogP contribution in [0.3, 0.4) is 0 Å². The lowest BCUT2D eigenvalue weighted by Crippen LogP contribution is -1.96. The molecule has 0 fully saturated rings. The SMILES string of the molecule is CC1=CCC(CCCc2ccccc2)C1. The minimum atomic E-state index is 0.939. The summed E-state index contributed by atoms with van der Waals surface area (Å²) in [4.78, 5) is 0. The van der Waals surface area contributed by atoms with Crippen molar-refractivity contribution < 1.29 is 0 Å². The van der Waals surface area contributed by atoms with Crippen LogP contribution in [0.15, 0.2) is 42.0 Å². The molecular formula is C15H20. The highest BCUT2D eigenvalue weighted by molar-refractivity contribution is 5.14. The summed E-state index contributed by atoms with van der Waals surface area (Å²) >= 11 is 0. The number of hydrogen-bond donors (Lipinski definition) is 0. The smallest absolute Gasteiger partial charge is 0.0279 e. The first kappa shape index (κ1) is 10.5. The molecule has 1 aliphatic carbocycles. The average molecular weight is 200 g/mol. The summed E-state index contributed by atoms with van der Waals surface area (Å²) in [5, 5.41) is 0. The molecular weight excluding hydrogens is 180 g/mol. The van der Waals surface area contributed by atoms with Crippen LogP contribution in [0, 0.1) is 5.92 Å². The van der Waals surface area contributed by atoms with E-state index < -0.39 is 0 Å². The van der Waals surface area contributed by atoms with Crippen molar-refractivity contribution in [3.63, 3.8) is 0 Å². The lowest BCUT2D eigenvalue weighted by molar-refractivity contribution is 0.494. The molecule has 0 bridgehead atoms. The van der Waals surface area contributed by atoms with Gasteiger partial charge in [-0.1, -0.05) is 42.0 Å². The predicted molar refractivity (Wildman–Crippen MR) is 65.9 cm³/mol. The normalized spacial score (nSPS) is 20.3. The first-order valence-electron chi connectivity index (χ1n) is 6.04. The summed E-state index contributed by atoms with van der Waals surface area (Å²) in [6.45, 7) is 2.26. The lowest BCUT2D eigenvalue weighted by atomic mass is 9.97. The van der Waals surface area contributed by atoms with Crippen LogP contribution in [0.5, 0.6) is 0 Å². The van der Waals surface area contributed by atoms with Crippen molar-refractivity contribution in [3.05, 3.63) is 47.5 Å². The van der Waals surface area contributed by atoms with Gasteiger partial charge >= 0.3 is 0 Å². The molecule has 1 atom stereocenters. The molecule has 15 heavy (non-hydrogen) atoms. The number of hydrogen-bond acceptors (Lipinski definition) is 0. The molecule has 0 aliphatic heterocycles. The van der Waals surface area contributed by atoms with Crippen LogP contribution in [0.25, 0.3) is 0 Å². The maximum atomic E-state index is 2.41. The Balaban J connectivity index is 1.68. The number of allylic oxidation sites excluding steroid dienone is 2. The zero-order valence-electron chi connectivity index (χ0n) is 9.58. The Bertz CT molecular complexity index is 321. The van der Waals surface area contributed by atoms with Crippen molar-refractivity contribution in [2.45, 2.75) is 39.0 Å². The van der Waals surface area contributed by atoms with Crippen LogP contribution in [0.1, 0.15) is 38.2 Å². The third-order valence-corrected chi connectivity index (χ3v) is 3.33. The number of benzene rings is 1. The fourth-order valence-electron chi connectivity index (χ4n) is 2.45. The van der Waals surface area contributed by atoms with Crippen LogP contribution in [-0.2, 0) is 6.42 Å². The maximum absolute atomic E-state index is 2.41. The average Bonchev–Trinajstić information content (AvgIpc) is 2.66. The van der Waals surface area contributed by atoms with E-state index in [1.165, 1.54) is 37.7 Å². The summed E-state index contributed by atoms with van der Waals surface area (Å²) < 4.78 is 0. The molecule has 0 spiro atoms. The Labute approximate surface area is 93.0 Å². The molecule has 0 N–H and O–H groups in total. The van der Waals surface area contributed by atoms with Crippen molar-refractivity contribution in [3.8, 4) is 0 Å². The van der Waals surface area contributed by atoms with E-state index >= 15 is 0 Å². The molecule has 0 aromatic heterocycles. The Hall–Kier alpha value is -1.04. The molecule has 0 heterocycles. The van der Waals surface area contributed by atoms with E-state index in [1.54, 1.807) is 5.57 Å². The van der Waals surface area contributed by atoms with Gasteiger partial charge in [-0.2, -0.15) is 0 Å². The number of aryl methyl sites for hydroxylation is 1. The minimum Gasteiger partial charge on any atom is -0.0853 e. The quantitative estimate of drug-likeness (QED) is 0.633. The van der Waals surface area contributed by atoms with Crippen molar-refractivity contribution in [2.24, 2.45) is 5.92 Å². The van der Waals surface area contributed by atoms with Gasteiger partial charge in [0.1, 0.15) is 0 Å². The van der Waals surface area contributed by atoms with Gasteiger partial charge in [0.05, 0.1) is 0 Å². The monoisotopic (exact) mass is 200 g/mol. The third kappa shape index (κ3) is 3.23. The van der Waals surface area contributed by atoms with Crippen LogP contribution < -0.4 is 0 Å². The highest BCUT2D eigenvalue weighted by Crippen LogP contribution is 2.28. The van der Waals surface area contributed by atoms with Gasteiger partial charge in [0.15, 0.2) is 0 Å². The van der Waals surface area contributed by atoms with Crippen molar-refractivity contribution in [1.29, 1.82) is 0 Å². The topological polar surface area (TPSA) is 0 Å². The predicted octanol–water partition coefficient (Wildman–Crippen LogP) is 4.37. The molecule has 0 nitrogen and oxygen atoms in total. The summed E-state index contributed by atoms with van der Waals surface area (Å²) in [7, 11) is 0. The molecule has 1 aromatic carbocycles. The molecule has 1 aromatic rings. The number of rotatable bonds is 4. The van der Waals surface area contributed by atoms with Crippen LogP contribution in [0.2, 0.25) is 0 Å². The van der Waals surface area contributed by atoms with Gasteiger partial charge in [-0.15, -0.1) is 0 Å². The molecule has 80 valence electrons. The third-order valence-electron chi connectivity index (χ3n) is 3.33. The molecule has 0 amide bonds. The standard InChI is InChI=1S/C15H20/c1-13-10-11-15(12-13)9-5-8-14-6-3-2-4-7-14/h2-4,6-7,10,15H,5,8-9,11-12H2,1H3. The van der Waals surface area contributed by atoms with Gasteiger partial charge in [-0.25, -0.2) is 0 Å². The van der Waals surface area contributed by atoms with E-state index in [9.17, 15) is 0 Å². The van der Waals surface area contributed by atoms with Crippen LogP contribution >= 0.6 is 0 Å². The summed E-state index contributed by atoms with van der Waals surface area (Å²) in [6, 6.07) is 10.8. The summed E-state index contributed by atoms with van der Waals surface area (Å²) in [5.41, 5.74) is 3.08. The van der Waals surface area contributed by atoms with Crippen molar-refractivity contribution >= 4 is 0 Å². The molecule has 1 aliphatic rings. The second-order valence-corrected chi connectivity index (χ2v) is 4.73. The zero-order chi connectivity index (χ0) is 10.5. The van der Waals surface area contributed by atoms with E-state index in [0.717, 1.165) is 5.92 Å². The molecule has 0 saturated heterocycles. The van der Waals surface area contributed by atoms with E-state index in [2.05, 4.69) is 43.3 Å². The zero-order valence-corrected chi connectivity index (χ0v) is 9.58. The van der Waals surface area contributed by atoms with Gasteiger partial charge in [-0.05, 0) is 50.5 Å². The van der Waals surface area contributed by atoms with Crippen molar-refractivity contribution in [2.75, 3.05) is 0 Å². The van der Waals surface area contributed by atoms with Gasteiger partial charge in [-0.3, -0.25) is 0 Å². The lowest BCUT2D eigenvalue weighted by Gasteiger charge is -2.09. The Morgan fingerprint density at radius 1 is 1.20 bits per heavy atom. The Morgan fingerprint density at radius 3 is 2.67 bits per heavy atom. The van der Waals surface area contributed by atoms with Crippen LogP contribution in [0.4, 0.5) is 0 Å². The van der Waals surface area contributed by atoms with Gasteiger partial charge in [0.25, 0.3) is 0 Å². The Kier molecular flexibility index (Phi) is 3.60. The fourth-order valence-corrected chi connectivity index (χ4v) is 2.45. The highest BCUT2D eigenvalue weighted by atomic mass is 14.2. The molecule has 0 radical (unpaired) electrons. The molecule has 2 rings (SSSR count). The first-order chi connectivity index (χ1) is 7.34. The fraction of sp³-hybridized carbons (Fsp3) is 0.467. The van der Waals surface area contributed by atoms with Gasteiger partial charge < -0.3 is 0 Å². The molecule has 0 heteroatoms. The molecule has 1 unspecified atom stereocenters. The van der Waals surface area contributed by atoms with Gasteiger partial charge in [0.2, 0.25) is 0 Å². The summed E-state index contributed by atoms with van der Waals surface area (Å²) in [5.74, 6) is 0.939. The second-order valence-electron chi connectivity index (χ2n) is 4.73. The van der Waals surface area contributed by atoms with E-state index in [4.69, 9.17) is 0 Å². The molecule has 0 saturated carbocycles. The second kappa shape index (κ2) is 5.16. The minimum absolute atomic E-state index is 0.939. The van der Waals surface area contributed by atoms with Crippen LogP contribution in [-0.4, -0.2) is 0 Å². The van der Waals surface area contributed by atoms with E-state index in [0.29, 0.717) is 0 Å².